The molecule has 6 heteroatoms. The number of carbonyl (C=O) groups is 2. The van der Waals surface area contributed by atoms with Crippen molar-refractivity contribution in [3.63, 3.8) is 0 Å². The first kappa shape index (κ1) is 19.2. The number of rotatable bonds is 4. The highest BCUT2D eigenvalue weighted by molar-refractivity contribution is 6.30. The van der Waals surface area contributed by atoms with E-state index in [-0.39, 0.29) is 11.9 Å². The van der Waals surface area contributed by atoms with Crippen LogP contribution in [0.15, 0.2) is 54.6 Å². The Hall–Kier alpha value is -2.53. The monoisotopic (exact) mass is 385 g/mol. The Morgan fingerprint density at radius 3 is 2.44 bits per heavy atom. The predicted molar refractivity (Wildman–Crippen MR) is 107 cm³/mol. The van der Waals surface area contributed by atoms with E-state index in [1.165, 1.54) is 5.56 Å². The van der Waals surface area contributed by atoms with E-state index in [9.17, 15) is 9.59 Å². The van der Waals surface area contributed by atoms with Gasteiger partial charge in [0.25, 0.3) is 5.91 Å². The second kappa shape index (κ2) is 9.42. The molecule has 0 atom stereocenters. The molecule has 0 aromatic heterocycles. The van der Waals surface area contributed by atoms with Crippen molar-refractivity contribution in [2.24, 2.45) is 0 Å². The normalized spacial score (nSPS) is 14.6. The van der Waals surface area contributed by atoms with Crippen LogP contribution in [0, 0.1) is 0 Å². The quantitative estimate of drug-likeness (QED) is 0.876. The number of hydrogen-bond acceptors (Lipinski definition) is 2. The highest BCUT2D eigenvalue weighted by Crippen LogP contribution is 2.14. The predicted octanol–water partition coefficient (Wildman–Crippen LogP) is 3.44. The van der Waals surface area contributed by atoms with Gasteiger partial charge in [0, 0.05) is 43.3 Å². The minimum atomic E-state index is -0.0667. The van der Waals surface area contributed by atoms with Crippen molar-refractivity contribution in [3.05, 3.63) is 70.7 Å². The second-order valence-corrected chi connectivity index (χ2v) is 7.05. The van der Waals surface area contributed by atoms with Gasteiger partial charge in [0.2, 0.25) is 0 Å². The molecule has 2 aromatic carbocycles. The number of urea groups is 1. The third-order valence-corrected chi connectivity index (χ3v) is 4.91. The smallest absolute Gasteiger partial charge is 0.317 e. The molecular weight excluding hydrogens is 362 g/mol. The Labute approximate surface area is 164 Å². The lowest BCUT2D eigenvalue weighted by Gasteiger charge is -2.22. The Morgan fingerprint density at radius 1 is 0.926 bits per heavy atom. The van der Waals surface area contributed by atoms with Gasteiger partial charge in [-0.15, -0.1) is 0 Å². The van der Waals surface area contributed by atoms with Crippen LogP contribution < -0.4 is 5.32 Å². The molecule has 0 aliphatic carbocycles. The van der Waals surface area contributed by atoms with E-state index >= 15 is 0 Å². The van der Waals surface area contributed by atoms with Gasteiger partial charge in [-0.3, -0.25) is 4.79 Å². The third-order valence-electron chi connectivity index (χ3n) is 4.67. The Balaban J connectivity index is 1.48. The SMILES string of the molecule is O=C(NCCc1ccccc1)N1CCCN(C(=O)c2cccc(Cl)c2)CC1. The summed E-state index contributed by atoms with van der Waals surface area (Å²) >= 11 is 5.99. The lowest BCUT2D eigenvalue weighted by Crippen LogP contribution is -2.43. The van der Waals surface area contributed by atoms with Gasteiger partial charge >= 0.3 is 6.03 Å². The van der Waals surface area contributed by atoms with Gasteiger partial charge < -0.3 is 15.1 Å². The minimum absolute atomic E-state index is 0.0381. The number of amides is 3. The molecule has 0 unspecified atom stereocenters. The summed E-state index contributed by atoms with van der Waals surface area (Å²) in [5, 5.41) is 3.53. The topological polar surface area (TPSA) is 52.7 Å². The van der Waals surface area contributed by atoms with Gasteiger partial charge in [0.15, 0.2) is 0 Å². The molecule has 0 spiro atoms. The van der Waals surface area contributed by atoms with Crippen LogP contribution in [0.25, 0.3) is 0 Å². The van der Waals surface area contributed by atoms with E-state index in [4.69, 9.17) is 11.6 Å². The third kappa shape index (κ3) is 5.47. The maximum Gasteiger partial charge on any atom is 0.317 e. The summed E-state index contributed by atoms with van der Waals surface area (Å²) in [6, 6.07) is 17.0. The van der Waals surface area contributed by atoms with Crippen molar-refractivity contribution < 1.29 is 9.59 Å². The molecule has 5 nitrogen and oxygen atoms in total. The first-order chi connectivity index (χ1) is 13.1. The fraction of sp³-hybridized carbons (Fsp3) is 0.333. The molecule has 3 rings (SSSR count). The molecule has 0 radical (unpaired) electrons. The van der Waals surface area contributed by atoms with Crippen molar-refractivity contribution in [2.75, 3.05) is 32.7 Å². The van der Waals surface area contributed by atoms with Crippen LogP contribution in [0.3, 0.4) is 0 Å². The molecule has 0 bridgehead atoms. The summed E-state index contributed by atoms with van der Waals surface area (Å²) in [6.45, 7) is 2.95. The van der Waals surface area contributed by atoms with Crippen LogP contribution in [0.4, 0.5) is 4.79 Å². The molecular formula is C21H24ClN3O2. The largest absolute Gasteiger partial charge is 0.338 e. The van der Waals surface area contributed by atoms with Crippen molar-refractivity contribution in [1.82, 2.24) is 15.1 Å². The molecule has 1 saturated heterocycles. The van der Waals surface area contributed by atoms with Crippen molar-refractivity contribution in [2.45, 2.75) is 12.8 Å². The molecule has 1 aliphatic rings. The van der Waals surface area contributed by atoms with Crippen molar-refractivity contribution in [1.29, 1.82) is 0 Å². The highest BCUT2D eigenvalue weighted by atomic mass is 35.5. The average Bonchev–Trinajstić information content (AvgIpc) is 2.94. The Morgan fingerprint density at radius 2 is 1.67 bits per heavy atom. The number of nitrogens with zero attached hydrogens (tertiary/aromatic N) is 2. The van der Waals surface area contributed by atoms with Gasteiger partial charge in [-0.05, 0) is 36.6 Å². The Kier molecular flexibility index (Phi) is 6.71. The molecule has 1 heterocycles. The number of benzene rings is 2. The van der Waals surface area contributed by atoms with E-state index in [1.54, 1.807) is 34.1 Å². The van der Waals surface area contributed by atoms with Crippen molar-refractivity contribution >= 4 is 23.5 Å². The van der Waals surface area contributed by atoms with Crippen molar-refractivity contribution in [3.8, 4) is 0 Å². The molecule has 1 N–H and O–H groups in total. The summed E-state index contributed by atoms with van der Waals surface area (Å²) in [7, 11) is 0. The van der Waals surface area contributed by atoms with E-state index in [2.05, 4.69) is 17.4 Å². The van der Waals surface area contributed by atoms with Crippen LogP contribution in [-0.4, -0.2) is 54.5 Å². The molecule has 2 aromatic rings. The van der Waals surface area contributed by atoms with Gasteiger partial charge in [0.05, 0.1) is 0 Å². The maximum atomic E-state index is 12.7. The average molecular weight is 386 g/mol. The summed E-state index contributed by atoms with van der Waals surface area (Å²) in [5.41, 5.74) is 1.79. The maximum absolute atomic E-state index is 12.7. The molecule has 3 amide bonds. The number of nitrogens with one attached hydrogen (secondary N) is 1. The van der Waals surface area contributed by atoms with Crippen LogP contribution in [0.5, 0.6) is 0 Å². The van der Waals surface area contributed by atoms with Crippen LogP contribution in [0.2, 0.25) is 5.02 Å². The van der Waals surface area contributed by atoms with Crippen LogP contribution in [-0.2, 0) is 6.42 Å². The van der Waals surface area contributed by atoms with E-state index in [0.717, 1.165) is 12.8 Å². The van der Waals surface area contributed by atoms with Gasteiger partial charge in [-0.2, -0.15) is 0 Å². The minimum Gasteiger partial charge on any atom is -0.338 e. The fourth-order valence-electron chi connectivity index (χ4n) is 3.20. The number of halogens is 1. The van der Waals surface area contributed by atoms with E-state index in [0.29, 0.717) is 43.3 Å². The zero-order chi connectivity index (χ0) is 19.1. The van der Waals surface area contributed by atoms with Gasteiger partial charge in [-0.1, -0.05) is 48.0 Å². The molecule has 27 heavy (non-hydrogen) atoms. The second-order valence-electron chi connectivity index (χ2n) is 6.61. The standard InChI is InChI=1S/C21H24ClN3O2/c22-19-9-4-8-18(16-19)20(26)24-12-5-13-25(15-14-24)21(27)23-11-10-17-6-2-1-3-7-17/h1-4,6-9,16H,5,10-15H2,(H,23,27). The zero-order valence-corrected chi connectivity index (χ0v) is 16.0. The van der Waals surface area contributed by atoms with Gasteiger partial charge in [-0.25, -0.2) is 4.79 Å². The fourth-order valence-corrected chi connectivity index (χ4v) is 3.39. The molecule has 0 saturated carbocycles. The zero-order valence-electron chi connectivity index (χ0n) is 15.2. The van der Waals surface area contributed by atoms with E-state index in [1.807, 2.05) is 18.2 Å². The Bertz CT molecular complexity index is 782. The molecule has 1 aliphatic heterocycles. The summed E-state index contributed by atoms with van der Waals surface area (Å²) in [6.07, 6.45) is 1.57. The first-order valence-corrected chi connectivity index (χ1v) is 9.63. The lowest BCUT2D eigenvalue weighted by atomic mass is 10.1. The lowest BCUT2D eigenvalue weighted by molar-refractivity contribution is 0.0762. The first-order valence-electron chi connectivity index (χ1n) is 9.25. The molecule has 1 fully saturated rings. The molecule has 142 valence electrons. The van der Waals surface area contributed by atoms with Crippen LogP contribution in [0.1, 0.15) is 22.3 Å². The van der Waals surface area contributed by atoms with Crippen LogP contribution >= 0.6 is 11.6 Å². The summed E-state index contributed by atoms with van der Waals surface area (Å²) in [4.78, 5) is 28.7. The summed E-state index contributed by atoms with van der Waals surface area (Å²) < 4.78 is 0. The summed E-state index contributed by atoms with van der Waals surface area (Å²) in [5.74, 6) is -0.0381. The highest BCUT2D eigenvalue weighted by Gasteiger charge is 2.22. The number of carbonyl (C=O) groups excluding carboxylic acids is 2. The number of hydrogen-bond donors (Lipinski definition) is 1. The van der Waals surface area contributed by atoms with Gasteiger partial charge in [0.1, 0.15) is 0 Å². The van der Waals surface area contributed by atoms with E-state index < -0.39 is 0 Å².